The summed E-state index contributed by atoms with van der Waals surface area (Å²) < 4.78 is 27.8. The normalized spacial score (nSPS) is 23.8. The Labute approximate surface area is 218 Å². The summed E-state index contributed by atoms with van der Waals surface area (Å²) in [6, 6.07) is 11.9. The highest BCUT2D eigenvalue weighted by molar-refractivity contribution is 6.06. The van der Waals surface area contributed by atoms with E-state index < -0.39 is 29.0 Å². The van der Waals surface area contributed by atoms with Crippen molar-refractivity contribution in [3.8, 4) is 0 Å². The highest BCUT2D eigenvalue weighted by atomic mass is 19.1. The number of fused-ring (bicyclic) bond motifs is 3. The molecule has 6 rings (SSSR count). The number of carbonyl (C=O) groups excluding carboxylic acids is 3. The number of piperidine rings is 1. The van der Waals surface area contributed by atoms with Gasteiger partial charge in [0.05, 0.1) is 11.5 Å². The van der Waals surface area contributed by atoms with E-state index in [1.165, 1.54) is 17.0 Å². The van der Waals surface area contributed by atoms with Gasteiger partial charge in [0, 0.05) is 29.4 Å². The topological polar surface area (TPSA) is 91.4 Å². The van der Waals surface area contributed by atoms with Crippen LogP contribution in [0.2, 0.25) is 0 Å². The predicted molar refractivity (Wildman–Crippen MR) is 136 cm³/mol. The van der Waals surface area contributed by atoms with E-state index in [9.17, 15) is 23.2 Å². The minimum atomic E-state index is -0.722. The van der Waals surface area contributed by atoms with Gasteiger partial charge in [0.2, 0.25) is 17.7 Å². The average molecular weight is 517 g/mol. The van der Waals surface area contributed by atoms with Gasteiger partial charge in [-0.25, -0.2) is 13.8 Å². The summed E-state index contributed by atoms with van der Waals surface area (Å²) >= 11 is 0. The van der Waals surface area contributed by atoms with E-state index in [-0.39, 0.29) is 24.3 Å². The number of nitrogens with zero attached hydrogens (tertiary/aromatic N) is 2. The van der Waals surface area contributed by atoms with Crippen molar-refractivity contribution in [1.29, 1.82) is 0 Å². The highest BCUT2D eigenvalue weighted by Crippen LogP contribution is 2.47. The Hall–Kier alpha value is -4.14. The number of pyridine rings is 1. The minimum Gasteiger partial charge on any atom is -0.326 e. The molecule has 3 aliphatic rings. The van der Waals surface area contributed by atoms with E-state index >= 15 is 0 Å². The smallest absolute Gasteiger partial charge is 0.244 e. The molecule has 9 heteroatoms. The molecule has 7 nitrogen and oxygen atoms in total. The first kappa shape index (κ1) is 24.2. The zero-order chi connectivity index (χ0) is 26.6. The van der Waals surface area contributed by atoms with Gasteiger partial charge in [0.1, 0.15) is 24.0 Å². The van der Waals surface area contributed by atoms with E-state index in [1.54, 1.807) is 19.2 Å². The van der Waals surface area contributed by atoms with Gasteiger partial charge in [0.15, 0.2) is 0 Å². The van der Waals surface area contributed by atoms with Gasteiger partial charge >= 0.3 is 0 Å². The lowest BCUT2D eigenvalue weighted by Crippen LogP contribution is -2.46. The predicted octanol–water partition coefficient (Wildman–Crippen LogP) is 4.29. The highest BCUT2D eigenvalue weighted by Gasteiger charge is 2.51. The maximum Gasteiger partial charge on any atom is 0.244 e. The summed E-state index contributed by atoms with van der Waals surface area (Å²) in [7, 11) is 0. The van der Waals surface area contributed by atoms with Crippen molar-refractivity contribution >= 4 is 29.2 Å². The van der Waals surface area contributed by atoms with Crippen LogP contribution in [0.1, 0.15) is 48.1 Å². The van der Waals surface area contributed by atoms with E-state index in [2.05, 4.69) is 15.6 Å². The average Bonchev–Trinajstić information content (AvgIpc) is 3.38. The largest absolute Gasteiger partial charge is 0.326 e. The second-order valence-corrected chi connectivity index (χ2v) is 10.5. The molecule has 3 unspecified atom stereocenters. The molecule has 3 amide bonds. The molecule has 1 aliphatic carbocycles. The number of aromatic nitrogens is 1. The van der Waals surface area contributed by atoms with E-state index in [4.69, 9.17) is 0 Å². The molecule has 38 heavy (non-hydrogen) atoms. The zero-order valence-electron chi connectivity index (χ0n) is 20.8. The number of halogens is 2. The SMILES string of the molecule is CC1CCC(c2cc(F)cc(F)c2)N(CC(=O)Nc2ccc3c(c2)CC2(C3)C(=O)Nc3ncccc32)C1=O. The number of likely N-dealkylation sites (tertiary alicyclic amines) is 1. The fourth-order valence-electron chi connectivity index (χ4n) is 6.13. The summed E-state index contributed by atoms with van der Waals surface area (Å²) in [6.07, 6.45) is 3.76. The molecule has 0 saturated carbocycles. The molecule has 3 aromatic rings. The third kappa shape index (κ3) is 4.02. The number of benzene rings is 2. The third-order valence-corrected chi connectivity index (χ3v) is 8.00. The Morgan fingerprint density at radius 2 is 1.84 bits per heavy atom. The van der Waals surface area contributed by atoms with Crippen LogP contribution in [0.5, 0.6) is 0 Å². The van der Waals surface area contributed by atoms with Crippen LogP contribution < -0.4 is 10.6 Å². The first-order chi connectivity index (χ1) is 18.2. The fraction of sp³-hybridized carbons (Fsp3) is 0.310. The maximum absolute atomic E-state index is 13.9. The molecule has 194 valence electrons. The molecule has 2 aliphatic heterocycles. The summed E-state index contributed by atoms with van der Waals surface area (Å²) in [5.41, 5.74) is 3.06. The second-order valence-electron chi connectivity index (χ2n) is 10.5. The van der Waals surface area contributed by atoms with Gasteiger partial charge in [-0.2, -0.15) is 0 Å². The molecule has 3 heterocycles. The van der Waals surface area contributed by atoms with Crippen molar-refractivity contribution < 1.29 is 23.2 Å². The Morgan fingerprint density at radius 1 is 1.08 bits per heavy atom. The molecule has 2 aromatic carbocycles. The monoisotopic (exact) mass is 516 g/mol. The second kappa shape index (κ2) is 9.01. The number of carbonyl (C=O) groups is 3. The van der Waals surface area contributed by atoms with Crippen LogP contribution in [0.15, 0.2) is 54.7 Å². The van der Waals surface area contributed by atoms with Gasteiger partial charge in [-0.1, -0.05) is 19.1 Å². The van der Waals surface area contributed by atoms with Crippen LogP contribution in [0.3, 0.4) is 0 Å². The Morgan fingerprint density at radius 3 is 2.63 bits per heavy atom. The number of rotatable bonds is 4. The zero-order valence-corrected chi connectivity index (χ0v) is 20.8. The van der Waals surface area contributed by atoms with Crippen LogP contribution in [0.4, 0.5) is 20.3 Å². The van der Waals surface area contributed by atoms with Crippen LogP contribution >= 0.6 is 0 Å². The van der Waals surface area contributed by atoms with Crippen molar-refractivity contribution in [3.63, 3.8) is 0 Å². The van der Waals surface area contributed by atoms with E-state index in [0.29, 0.717) is 42.8 Å². The van der Waals surface area contributed by atoms with Crippen LogP contribution in [-0.2, 0) is 32.6 Å². The quantitative estimate of drug-likeness (QED) is 0.542. The standard InChI is InChI=1S/C29H26F2N4O3/c1-16-4-7-24(18-9-20(30)12-21(31)10-18)35(27(16)37)15-25(36)33-22-6-5-17-13-29(14-19(17)11-22)23-3-2-8-32-26(23)34-28(29)38/h2-3,5-6,8-12,16,24H,4,7,13-15H2,1H3,(H,33,36)(H,32,34,38). The number of hydrogen-bond acceptors (Lipinski definition) is 4. The van der Waals surface area contributed by atoms with Crippen molar-refractivity contribution in [2.75, 3.05) is 17.2 Å². The molecule has 1 aromatic heterocycles. The van der Waals surface area contributed by atoms with Gasteiger partial charge in [-0.05, 0) is 72.7 Å². The van der Waals surface area contributed by atoms with E-state index in [1.807, 2.05) is 24.3 Å². The van der Waals surface area contributed by atoms with Crippen LogP contribution in [0.25, 0.3) is 0 Å². The minimum absolute atomic E-state index is 0.0782. The summed E-state index contributed by atoms with van der Waals surface area (Å²) in [6.45, 7) is 1.55. The van der Waals surface area contributed by atoms with Gasteiger partial charge < -0.3 is 15.5 Å². The van der Waals surface area contributed by atoms with Crippen LogP contribution in [0, 0.1) is 17.6 Å². The molecule has 3 atom stereocenters. The Bertz CT molecular complexity index is 1470. The Balaban J connectivity index is 1.20. The summed E-state index contributed by atoms with van der Waals surface area (Å²) in [4.78, 5) is 44.7. The Kier molecular flexibility index (Phi) is 5.74. The lowest BCUT2D eigenvalue weighted by atomic mass is 9.79. The molecular formula is C29H26F2N4O3. The number of nitrogens with one attached hydrogen (secondary N) is 2. The van der Waals surface area contributed by atoms with Crippen molar-refractivity contribution in [3.05, 3.63) is 88.6 Å². The fourth-order valence-corrected chi connectivity index (χ4v) is 6.13. The number of anilines is 2. The maximum atomic E-state index is 13.9. The first-order valence-corrected chi connectivity index (χ1v) is 12.7. The molecule has 1 fully saturated rings. The van der Waals surface area contributed by atoms with Gasteiger partial charge in [-0.3, -0.25) is 14.4 Å². The third-order valence-electron chi connectivity index (χ3n) is 8.00. The molecule has 1 saturated heterocycles. The number of hydrogen-bond donors (Lipinski definition) is 2. The summed E-state index contributed by atoms with van der Waals surface area (Å²) in [5, 5.41) is 5.75. The van der Waals surface area contributed by atoms with Crippen LogP contribution in [-0.4, -0.2) is 34.2 Å². The first-order valence-electron chi connectivity index (χ1n) is 12.7. The van der Waals surface area contributed by atoms with Crippen molar-refractivity contribution in [2.45, 2.75) is 44.1 Å². The summed E-state index contributed by atoms with van der Waals surface area (Å²) in [5.74, 6) is -1.85. The van der Waals surface area contributed by atoms with Gasteiger partial charge in [0.25, 0.3) is 0 Å². The molecular weight excluding hydrogens is 490 g/mol. The van der Waals surface area contributed by atoms with Gasteiger partial charge in [-0.15, -0.1) is 0 Å². The molecule has 1 spiro atoms. The molecule has 2 N–H and O–H groups in total. The molecule has 0 radical (unpaired) electrons. The number of amides is 3. The lowest BCUT2D eigenvalue weighted by molar-refractivity contribution is -0.144. The molecule has 0 bridgehead atoms. The van der Waals surface area contributed by atoms with Crippen molar-refractivity contribution in [2.24, 2.45) is 5.92 Å². The van der Waals surface area contributed by atoms with E-state index in [0.717, 1.165) is 22.8 Å². The lowest BCUT2D eigenvalue weighted by Gasteiger charge is -2.38. The van der Waals surface area contributed by atoms with Crippen molar-refractivity contribution in [1.82, 2.24) is 9.88 Å².